The Morgan fingerprint density at radius 2 is 2.40 bits per heavy atom. The molecule has 1 aliphatic heterocycles. The van der Waals surface area contributed by atoms with Crippen LogP contribution in [-0.2, 0) is 0 Å². The molecular formula is C11H15IN2S. The third-order valence-corrected chi connectivity index (χ3v) is 4.52. The highest BCUT2D eigenvalue weighted by atomic mass is 127. The van der Waals surface area contributed by atoms with Gasteiger partial charge in [0.15, 0.2) is 0 Å². The van der Waals surface area contributed by atoms with Crippen LogP contribution in [0.3, 0.4) is 0 Å². The first-order valence-corrected chi connectivity index (χ1v) is 7.35. The number of hydrogen-bond acceptors (Lipinski definition) is 3. The fourth-order valence-electron chi connectivity index (χ4n) is 1.69. The monoisotopic (exact) mass is 334 g/mol. The number of halogens is 1. The Bertz CT molecular complexity index is 337. The molecule has 2 nitrogen and oxygen atoms in total. The van der Waals surface area contributed by atoms with Crippen LogP contribution in [0.2, 0.25) is 0 Å². The van der Waals surface area contributed by atoms with Crippen LogP contribution in [0.4, 0.5) is 11.4 Å². The van der Waals surface area contributed by atoms with Gasteiger partial charge in [0.05, 0.1) is 11.4 Å². The van der Waals surface area contributed by atoms with E-state index in [4.69, 9.17) is 5.73 Å². The zero-order valence-electron chi connectivity index (χ0n) is 8.50. The average molecular weight is 334 g/mol. The molecule has 82 valence electrons. The summed E-state index contributed by atoms with van der Waals surface area (Å²) in [6.45, 7) is 1.05. The molecule has 3 N–H and O–H groups in total. The number of nitrogens with one attached hydrogen (secondary N) is 1. The molecule has 2 rings (SSSR count). The van der Waals surface area contributed by atoms with Crippen molar-refractivity contribution in [2.24, 2.45) is 5.92 Å². The van der Waals surface area contributed by atoms with Crippen LogP contribution in [0.1, 0.15) is 6.42 Å². The molecule has 0 aliphatic carbocycles. The fraction of sp³-hybridized carbons (Fsp3) is 0.455. The molecule has 1 aromatic carbocycles. The topological polar surface area (TPSA) is 38.0 Å². The van der Waals surface area contributed by atoms with E-state index in [9.17, 15) is 0 Å². The maximum absolute atomic E-state index is 5.93. The fourth-order valence-corrected chi connectivity index (χ4v) is 3.49. The van der Waals surface area contributed by atoms with Gasteiger partial charge in [-0.25, -0.2) is 0 Å². The first kappa shape index (κ1) is 11.4. The highest BCUT2D eigenvalue weighted by Crippen LogP contribution is 2.25. The van der Waals surface area contributed by atoms with Crippen molar-refractivity contribution >= 4 is 45.7 Å². The third-order valence-electron chi connectivity index (χ3n) is 2.62. The van der Waals surface area contributed by atoms with E-state index in [1.807, 2.05) is 6.07 Å². The summed E-state index contributed by atoms with van der Waals surface area (Å²) in [6, 6.07) is 6.16. The number of rotatable bonds is 3. The molecule has 1 fully saturated rings. The molecule has 1 aliphatic rings. The van der Waals surface area contributed by atoms with Crippen LogP contribution in [0, 0.1) is 9.49 Å². The molecular weight excluding hydrogens is 319 g/mol. The van der Waals surface area contributed by atoms with Crippen LogP contribution < -0.4 is 11.1 Å². The number of hydrogen-bond donors (Lipinski definition) is 2. The predicted molar refractivity (Wildman–Crippen MR) is 77.5 cm³/mol. The van der Waals surface area contributed by atoms with E-state index < -0.39 is 0 Å². The lowest BCUT2D eigenvalue weighted by atomic mass is 10.1. The number of thioether (sulfide) groups is 1. The van der Waals surface area contributed by atoms with Gasteiger partial charge in [0, 0.05) is 10.1 Å². The first-order chi connectivity index (χ1) is 7.25. The molecule has 0 bridgehead atoms. The van der Waals surface area contributed by atoms with Crippen molar-refractivity contribution in [2.75, 3.05) is 29.1 Å². The minimum absolute atomic E-state index is 0.814. The highest BCUT2D eigenvalue weighted by molar-refractivity contribution is 14.1. The first-order valence-electron chi connectivity index (χ1n) is 5.12. The summed E-state index contributed by atoms with van der Waals surface area (Å²) in [5.74, 6) is 3.42. The zero-order chi connectivity index (χ0) is 10.7. The van der Waals surface area contributed by atoms with Crippen molar-refractivity contribution in [3.05, 3.63) is 21.8 Å². The lowest BCUT2D eigenvalue weighted by molar-refractivity contribution is 0.632. The lowest BCUT2D eigenvalue weighted by Gasteiger charge is -2.13. The van der Waals surface area contributed by atoms with Crippen LogP contribution in [0.15, 0.2) is 18.2 Å². The molecule has 0 spiro atoms. The van der Waals surface area contributed by atoms with Gasteiger partial charge >= 0.3 is 0 Å². The van der Waals surface area contributed by atoms with Crippen molar-refractivity contribution in [1.29, 1.82) is 0 Å². The SMILES string of the molecule is Nc1cc(I)ccc1NCC1CCSC1. The van der Waals surface area contributed by atoms with E-state index in [1.54, 1.807) is 0 Å². The quantitative estimate of drug-likeness (QED) is 0.659. The second-order valence-electron chi connectivity index (χ2n) is 3.84. The third kappa shape index (κ3) is 3.17. The number of anilines is 2. The summed E-state index contributed by atoms with van der Waals surface area (Å²) in [5, 5.41) is 3.44. The summed E-state index contributed by atoms with van der Waals surface area (Å²) in [7, 11) is 0. The summed E-state index contributed by atoms with van der Waals surface area (Å²) < 4.78 is 1.19. The maximum atomic E-state index is 5.93. The Kier molecular flexibility index (Phi) is 4.02. The standard InChI is InChI=1S/C11H15IN2S/c12-9-1-2-11(10(13)5-9)14-6-8-3-4-15-7-8/h1-2,5,8,14H,3-4,6-7,13H2. The summed E-state index contributed by atoms with van der Waals surface area (Å²) in [6.07, 6.45) is 1.34. The molecule has 0 saturated carbocycles. The highest BCUT2D eigenvalue weighted by Gasteiger charge is 2.15. The largest absolute Gasteiger partial charge is 0.397 e. The molecule has 1 aromatic rings. The molecule has 1 saturated heterocycles. The van der Waals surface area contributed by atoms with Crippen molar-refractivity contribution in [2.45, 2.75) is 6.42 Å². The van der Waals surface area contributed by atoms with Crippen LogP contribution in [-0.4, -0.2) is 18.1 Å². The molecule has 0 amide bonds. The van der Waals surface area contributed by atoms with Crippen LogP contribution in [0.25, 0.3) is 0 Å². The Labute approximate surface area is 109 Å². The Morgan fingerprint density at radius 3 is 3.07 bits per heavy atom. The summed E-state index contributed by atoms with van der Waals surface area (Å²) in [5.41, 5.74) is 7.86. The van der Waals surface area contributed by atoms with E-state index in [0.29, 0.717) is 0 Å². The van der Waals surface area contributed by atoms with Crippen molar-refractivity contribution in [3.8, 4) is 0 Å². The van der Waals surface area contributed by atoms with E-state index >= 15 is 0 Å². The number of nitrogens with two attached hydrogens (primary N) is 1. The van der Waals surface area contributed by atoms with Crippen molar-refractivity contribution in [1.82, 2.24) is 0 Å². The van der Waals surface area contributed by atoms with E-state index in [1.165, 1.54) is 21.5 Å². The summed E-state index contributed by atoms with van der Waals surface area (Å²) >= 11 is 4.33. The average Bonchev–Trinajstić information content (AvgIpc) is 2.69. The van der Waals surface area contributed by atoms with Gasteiger partial charge in [-0.1, -0.05) is 0 Å². The molecule has 0 radical (unpaired) electrons. The minimum Gasteiger partial charge on any atom is -0.397 e. The zero-order valence-corrected chi connectivity index (χ0v) is 11.5. The second kappa shape index (κ2) is 5.30. The van der Waals surface area contributed by atoms with Gasteiger partial charge in [-0.05, 0) is 64.6 Å². The Morgan fingerprint density at radius 1 is 1.53 bits per heavy atom. The smallest absolute Gasteiger partial charge is 0.0574 e. The van der Waals surface area contributed by atoms with E-state index in [0.717, 1.165) is 23.8 Å². The molecule has 1 unspecified atom stereocenters. The van der Waals surface area contributed by atoms with Crippen molar-refractivity contribution < 1.29 is 0 Å². The van der Waals surface area contributed by atoms with Gasteiger partial charge in [-0.2, -0.15) is 11.8 Å². The van der Waals surface area contributed by atoms with Gasteiger partial charge in [0.25, 0.3) is 0 Å². The molecule has 4 heteroatoms. The lowest BCUT2D eigenvalue weighted by Crippen LogP contribution is -2.14. The summed E-state index contributed by atoms with van der Waals surface area (Å²) in [4.78, 5) is 0. The maximum Gasteiger partial charge on any atom is 0.0574 e. The van der Waals surface area contributed by atoms with Crippen molar-refractivity contribution in [3.63, 3.8) is 0 Å². The second-order valence-corrected chi connectivity index (χ2v) is 6.24. The van der Waals surface area contributed by atoms with Gasteiger partial charge < -0.3 is 11.1 Å². The van der Waals surface area contributed by atoms with Crippen LogP contribution >= 0.6 is 34.4 Å². The van der Waals surface area contributed by atoms with Crippen LogP contribution in [0.5, 0.6) is 0 Å². The van der Waals surface area contributed by atoms with Gasteiger partial charge in [0.1, 0.15) is 0 Å². The Hall–Kier alpha value is -0.100. The van der Waals surface area contributed by atoms with Gasteiger partial charge in [0.2, 0.25) is 0 Å². The van der Waals surface area contributed by atoms with Gasteiger partial charge in [-0.3, -0.25) is 0 Å². The number of benzene rings is 1. The predicted octanol–water partition coefficient (Wildman–Crippen LogP) is 3.04. The Balaban J connectivity index is 1.92. The normalized spacial score (nSPS) is 20.5. The number of nitrogen functional groups attached to an aromatic ring is 1. The van der Waals surface area contributed by atoms with E-state index in [-0.39, 0.29) is 0 Å². The van der Waals surface area contributed by atoms with E-state index in [2.05, 4.69) is 51.8 Å². The molecule has 1 heterocycles. The molecule has 15 heavy (non-hydrogen) atoms. The van der Waals surface area contributed by atoms with Gasteiger partial charge in [-0.15, -0.1) is 0 Å². The minimum atomic E-state index is 0.814. The molecule has 0 aromatic heterocycles. The molecule has 1 atom stereocenters.